The van der Waals surface area contributed by atoms with Gasteiger partial charge in [-0.3, -0.25) is 0 Å². The zero-order valence-corrected chi connectivity index (χ0v) is 16.7. The molecular formula is C20H31F3N4O. The molecule has 2 N–H and O–H groups in total. The molecule has 1 unspecified atom stereocenters. The number of halogens is 3. The van der Waals surface area contributed by atoms with Crippen molar-refractivity contribution in [1.29, 1.82) is 0 Å². The predicted octanol–water partition coefficient (Wildman–Crippen LogP) is 3.16. The Labute approximate surface area is 165 Å². The highest BCUT2D eigenvalue weighted by Gasteiger charge is 2.27. The van der Waals surface area contributed by atoms with Crippen molar-refractivity contribution in [2.45, 2.75) is 39.6 Å². The number of nitrogens with one attached hydrogen (secondary N) is 2. The Balaban J connectivity index is 1.79. The molecule has 2 rings (SSSR count). The molecule has 0 aromatic heterocycles. The molecule has 0 saturated carbocycles. The molecule has 0 radical (unpaired) electrons. The monoisotopic (exact) mass is 400 g/mol. The van der Waals surface area contributed by atoms with Crippen LogP contribution in [0, 0.1) is 5.92 Å². The van der Waals surface area contributed by atoms with Crippen molar-refractivity contribution in [3.63, 3.8) is 0 Å². The first-order valence-electron chi connectivity index (χ1n) is 9.86. The van der Waals surface area contributed by atoms with Crippen LogP contribution in [-0.4, -0.2) is 56.4 Å². The van der Waals surface area contributed by atoms with Crippen molar-refractivity contribution in [2.24, 2.45) is 10.9 Å². The lowest BCUT2D eigenvalue weighted by atomic mass is 10.1. The minimum atomic E-state index is -4.29. The summed E-state index contributed by atoms with van der Waals surface area (Å²) in [7, 11) is 0. The van der Waals surface area contributed by atoms with Crippen molar-refractivity contribution in [3.8, 4) is 0 Å². The molecule has 1 aliphatic rings. The molecule has 158 valence electrons. The first-order chi connectivity index (χ1) is 13.4. The van der Waals surface area contributed by atoms with Crippen LogP contribution in [0.5, 0.6) is 0 Å². The van der Waals surface area contributed by atoms with E-state index in [-0.39, 0.29) is 6.61 Å². The van der Waals surface area contributed by atoms with Gasteiger partial charge in [0.05, 0.1) is 13.2 Å². The number of rotatable bonds is 9. The van der Waals surface area contributed by atoms with E-state index in [1.807, 2.05) is 19.1 Å². The second kappa shape index (κ2) is 11.3. The molecule has 1 aromatic carbocycles. The Morgan fingerprint density at radius 2 is 1.89 bits per heavy atom. The van der Waals surface area contributed by atoms with Crippen LogP contribution in [0.25, 0.3) is 0 Å². The minimum absolute atomic E-state index is 0.0522. The number of hydrogen-bond acceptors (Lipinski definition) is 3. The quantitative estimate of drug-likeness (QED) is 0.494. The standard InChI is InChI=1S/C20H31F3N4O/c1-3-24-19(26-12-18-9-10-27(4-2)13-18)25-11-16-5-7-17(8-6-16)14-28-15-20(21,22)23/h5-8,18H,3-4,9-15H2,1-2H3,(H2,24,25,26). The Hall–Kier alpha value is -1.80. The molecule has 1 fully saturated rings. The zero-order chi connectivity index (χ0) is 20.4. The van der Waals surface area contributed by atoms with Crippen LogP contribution in [0.2, 0.25) is 0 Å². The zero-order valence-electron chi connectivity index (χ0n) is 16.7. The SMILES string of the molecule is CCNC(=NCc1ccc(COCC(F)(F)F)cc1)NCC1CCN(CC)C1. The highest BCUT2D eigenvalue weighted by atomic mass is 19.4. The summed E-state index contributed by atoms with van der Waals surface area (Å²) in [6.45, 7) is 8.52. The van der Waals surface area contributed by atoms with Crippen LogP contribution >= 0.6 is 0 Å². The number of guanidine groups is 1. The molecule has 0 aliphatic carbocycles. The van der Waals surface area contributed by atoms with Crippen molar-refractivity contribution in [2.75, 3.05) is 39.3 Å². The van der Waals surface area contributed by atoms with Crippen LogP contribution in [-0.2, 0) is 17.9 Å². The van der Waals surface area contributed by atoms with E-state index >= 15 is 0 Å². The summed E-state index contributed by atoms with van der Waals surface area (Å²) in [5.74, 6) is 1.43. The summed E-state index contributed by atoms with van der Waals surface area (Å²) in [5, 5.41) is 6.67. The fourth-order valence-electron chi connectivity index (χ4n) is 3.15. The summed E-state index contributed by atoms with van der Waals surface area (Å²) in [4.78, 5) is 7.06. The number of likely N-dealkylation sites (tertiary alicyclic amines) is 1. The average Bonchev–Trinajstić information content (AvgIpc) is 3.12. The third kappa shape index (κ3) is 8.48. The molecule has 0 bridgehead atoms. The second-order valence-corrected chi connectivity index (χ2v) is 7.05. The summed E-state index contributed by atoms with van der Waals surface area (Å²) < 4.78 is 41.0. The van der Waals surface area contributed by atoms with Gasteiger partial charge in [0, 0.05) is 19.6 Å². The van der Waals surface area contributed by atoms with Gasteiger partial charge in [0.25, 0.3) is 0 Å². The predicted molar refractivity (Wildman–Crippen MR) is 105 cm³/mol. The topological polar surface area (TPSA) is 48.9 Å². The number of aliphatic imine (C=N–C) groups is 1. The number of nitrogens with zero attached hydrogens (tertiary/aromatic N) is 2. The van der Waals surface area contributed by atoms with Gasteiger partial charge in [0.1, 0.15) is 6.61 Å². The molecule has 1 heterocycles. The van der Waals surface area contributed by atoms with Crippen molar-refractivity contribution in [1.82, 2.24) is 15.5 Å². The molecule has 1 aromatic rings. The van der Waals surface area contributed by atoms with E-state index < -0.39 is 12.8 Å². The van der Waals surface area contributed by atoms with Gasteiger partial charge in [-0.1, -0.05) is 31.2 Å². The number of benzene rings is 1. The summed E-state index contributed by atoms with van der Waals surface area (Å²) in [6.07, 6.45) is -3.09. The number of ether oxygens (including phenoxy) is 1. The van der Waals surface area contributed by atoms with Gasteiger partial charge in [0.2, 0.25) is 0 Å². The van der Waals surface area contributed by atoms with E-state index in [0.29, 0.717) is 18.0 Å². The molecule has 0 spiro atoms. The largest absolute Gasteiger partial charge is 0.411 e. The summed E-state index contributed by atoms with van der Waals surface area (Å²) in [6, 6.07) is 7.30. The van der Waals surface area contributed by atoms with E-state index in [2.05, 4.69) is 32.2 Å². The van der Waals surface area contributed by atoms with Crippen LogP contribution in [0.3, 0.4) is 0 Å². The highest BCUT2D eigenvalue weighted by Crippen LogP contribution is 2.16. The van der Waals surface area contributed by atoms with E-state index in [1.54, 1.807) is 12.1 Å². The van der Waals surface area contributed by atoms with Gasteiger partial charge in [-0.05, 0) is 43.5 Å². The van der Waals surface area contributed by atoms with Gasteiger partial charge >= 0.3 is 6.18 Å². The Bertz CT molecular complexity index is 604. The third-order valence-electron chi connectivity index (χ3n) is 4.70. The molecule has 5 nitrogen and oxygen atoms in total. The Morgan fingerprint density at radius 3 is 2.50 bits per heavy atom. The molecule has 1 atom stereocenters. The number of hydrogen-bond donors (Lipinski definition) is 2. The third-order valence-corrected chi connectivity index (χ3v) is 4.70. The first kappa shape index (κ1) is 22.5. The lowest BCUT2D eigenvalue weighted by molar-refractivity contribution is -0.176. The minimum Gasteiger partial charge on any atom is -0.367 e. The van der Waals surface area contributed by atoms with Crippen LogP contribution in [0.15, 0.2) is 29.3 Å². The molecule has 0 amide bonds. The maximum absolute atomic E-state index is 12.1. The van der Waals surface area contributed by atoms with Gasteiger partial charge in [0.15, 0.2) is 5.96 Å². The van der Waals surface area contributed by atoms with E-state index in [9.17, 15) is 13.2 Å². The Morgan fingerprint density at radius 1 is 1.18 bits per heavy atom. The fourth-order valence-corrected chi connectivity index (χ4v) is 3.15. The lowest BCUT2D eigenvalue weighted by Crippen LogP contribution is -2.40. The Kier molecular flexibility index (Phi) is 9.05. The van der Waals surface area contributed by atoms with E-state index in [0.717, 1.165) is 44.2 Å². The summed E-state index contributed by atoms with van der Waals surface area (Å²) >= 11 is 0. The van der Waals surface area contributed by atoms with Crippen LogP contribution in [0.1, 0.15) is 31.4 Å². The van der Waals surface area contributed by atoms with Crippen molar-refractivity contribution < 1.29 is 17.9 Å². The van der Waals surface area contributed by atoms with Gasteiger partial charge in [-0.25, -0.2) is 4.99 Å². The van der Waals surface area contributed by atoms with Gasteiger partial charge in [-0.2, -0.15) is 13.2 Å². The van der Waals surface area contributed by atoms with Crippen LogP contribution < -0.4 is 10.6 Å². The maximum atomic E-state index is 12.1. The van der Waals surface area contributed by atoms with Gasteiger partial charge < -0.3 is 20.3 Å². The highest BCUT2D eigenvalue weighted by molar-refractivity contribution is 5.79. The normalized spacial score (nSPS) is 18.5. The number of alkyl halides is 3. The fraction of sp³-hybridized carbons (Fsp3) is 0.650. The second-order valence-electron chi connectivity index (χ2n) is 7.05. The molecule has 1 aliphatic heterocycles. The van der Waals surface area contributed by atoms with E-state index in [4.69, 9.17) is 0 Å². The van der Waals surface area contributed by atoms with E-state index in [1.165, 1.54) is 6.42 Å². The molecule has 8 heteroatoms. The smallest absolute Gasteiger partial charge is 0.367 e. The van der Waals surface area contributed by atoms with Crippen molar-refractivity contribution >= 4 is 5.96 Å². The lowest BCUT2D eigenvalue weighted by Gasteiger charge is -2.16. The van der Waals surface area contributed by atoms with Crippen molar-refractivity contribution in [3.05, 3.63) is 35.4 Å². The van der Waals surface area contributed by atoms with Crippen LogP contribution in [0.4, 0.5) is 13.2 Å². The molecular weight excluding hydrogens is 369 g/mol. The first-order valence-corrected chi connectivity index (χ1v) is 9.86. The molecule has 1 saturated heterocycles. The average molecular weight is 400 g/mol. The molecule has 28 heavy (non-hydrogen) atoms. The summed E-state index contributed by atoms with van der Waals surface area (Å²) in [5.41, 5.74) is 1.71. The maximum Gasteiger partial charge on any atom is 0.411 e. The van der Waals surface area contributed by atoms with Gasteiger partial charge in [-0.15, -0.1) is 0 Å².